The largest absolute Gasteiger partial charge is 0.476 e. The summed E-state index contributed by atoms with van der Waals surface area (Å²) >= 11 is 13.0. The van der Waals surface area contributed by atoms with Crippen LogP contribution in [0.1, 0.15) is 0 Å². The number of hydrogen-bond acceptors (Lipinski definition) is 3. The maximum absolute atomic E-state index is 8.87. The summed E-state index contributed by atoms with van der Waals surface area (Å²) in [4.78, 5) is 0. The molecule has 5 aromatic rings. The highest BCUT2D eigenvalue weighted by Gasteiger charge is 2.20. The van der Waals surface area contributed by atoms with Crippen LogP contribution in [0.25, 0.3) is 42.1 Å². The highest BCUT2D eigenvalue weighted by atomic mass is 79.9. The van der Waals surface area contributed by atoms with Crippen LogP contribution in [-0.2, 0) is 0 Å². The van der Waals surface area contributed by atoms with E-state index in [1.54, 1.807) is 11.3 Å². The molecule has 0 amide bonds. The molecular formula is C24H12Br3NOS. The van der Waals surface area contributed by atoms with Gasteiger partial charge >= 0.3 is 0 Å². The van der Waals surface area contributed by atoms with Gasteiger partial charge in [0.25, 0.3) is 0 Å². The summed E-state index contributed by atoms with van der Waals surface area (Å²) in [7, 11) is 0. The third kappa shape index (κ3) is 3.16. The smallest absolute Gasteiger partial charge is 0.174 e. The predicted molar refractivity (Wildman–Crippen MR) is 136 cm³/mol. The van der Waals surface area contributed by atoms with Crippen LogP contribution >= 0.6 is 59.1 Å². The van der Waals surface area contributed by atoms with Crippen molar-refractivity contribution in [2.75, 3.05) is 6.61 Å². The zero-order valence-electron chi connectivity index (χ0n) is 15.4. The van der Waals surface area contributed by atoms with Crippen molar-refractivity contribution in [3.63, 3.8) is 0 Å². The van der Waals surface area contributed by atoms with Crippen LogP contribution in [-0.4, -0.2) is 6.61 Å². The quantitative estimate of drug-likeness (QED) is 0.207. The second-order valence-corrected chi connectivity index (χ2v) is 10.3. The van der Waals surface area contributed by atoms with E-state index in [9.17, 15) is 0 Å². The van der Waals surface area contributed by atoms with Gasteiger partial charge in [-0.2, -0.15) is 5.26 Å². The number of rotatable bonds is 3. The molecule has 0 N–H and O–H groups in total. The Labute approximate surface area is 202 Å². The number of benzene rings is 4. The molecule has 30 heavy (non-hydrogen) atoms. The molecule has 0 atom stereocenters. The standard InChI is InChI=1S/C24H12Br3NOS/c25-17-11-13(12-18(26)23(17)29-10-9-28)20-14-5-1-2-6-15(14)22(27)24-21(20)16-7-3-4-8-19(16)30-24/h1-8,11-12H,10H2. The number of halogens is 3. The Morgan fingerprint density at radius 2 is 1.50 bits per heavy atom. The molecule has 2 nitrogen and oxygen atoms in total. The third-order valence-electron chi connectivity index (χ3n) is 5.05. The topological polar surface area (TPSA) is 33.0 Å². The van der Waals surface area contributed by atoms with E-state index >= 15 is 0 Å². The fraction of sp³-hybridized carbons (Fsp3) is 0.0417. The van der Waals surface area contributed by atoms with E-state index in [0.717, 1.165) is 19.0 Å². The van der Waals surface area contributed by atoms with Crippen LogP contribution in [0.3, 0.4) is 0 Å². The van der Waals surface area contributed by atoms with Crippen molar-refractivity contribution >= 4 is 90.1 Å². The molecule has 0 fully saturated rings. The van der Waals surface area contributed by atoms with Crippen LogP contribution < -0.4 is 4.74 Å². The first-order valence-electron chi connectivity index (χ1n) is 9.10. The van der Waals surface area contributed by atoms with E-state index in [4.69, 9.17) is 10.00 Å². The van der Waals surface area contributed by atoms with Crippen molar-refractivity contribution in [3.8, 4) is 22.9 Å². The van der Waals surface area contributed by atoms with Crippen molar-refractivity contribution in [2.24, 2.45) is 0 Å². The highest BCUT2D eigenvalue weighted by molar-refractivity contribution is 9.11. The molecule has 0 radical (unpaired) electrons. The lowest BCUT2D eigenvalue weighted by molar-refractivity contribution is 0.363. The van der Waals surface area contributed by atoms with E-state index in [1.165, 1.54) is 36.5 Å². The van der Waals surface area contributed by atoms with Gasteiger partial charge in [-0.05, 0) is 87.9 Å². The molecule has 0 saturated carbocycles. The molecule has 5 rings (SSSR count). The van der Waals surface area contributed by atoms with Gasteiger partial charge in [0.05, 0.1) is 13.6 Å². The van der Waals surface area contributed by atoms with Crippen molar-refractivity contribution in [3.05, 3.63) is 74.1 Å². The second kappa shape index (κ2) is 7.97. The highest BCUT2D eigenvalue weighted by Crippen LogP contribution is 2.49. The van der Waals surface area contributed by atoms with Gasteiger partial charge < -0.3 is 4.74 Å². The van der Waals surface area contributed by atoms with E-state index in [-0.39, 0.29) is 6.61 Å². The van der Waals surface area contributed by atoms with E-state index in [0.29, 0.717) is 5.75 Å². The lowest BCUT2D eigenvalue weighted by Crippen LogP contribution is -1.96. The van der Waals surface area contributed by atoms with Gasteiger partial charge in [0.1, 0.15) is 11.8 Å². The molecule has 1 aromatic heterocycles. The summed E-state index contributed by atoms with van der Waals surface area (Å²) in [6.45, 7) is -0.00280. The van der Waals surface area contributed by atoms with Crippen molar-refractivity contribution in [2.45, 2.75) is 0 Å². The Morgan fingerprint density at radius 3 is 2.20 bits per heavy atom. The van der Waals surface area contributed by atoms with Crippen molar-refractivity contribution in [1.82, 2.24) is 0 Å². The maximum Gasteiger partial charge on any atom is 0.174 e. The van der Waals surface area contributed by atoms with Crippen LogP contribution in [0.4, 0.5) is 0 Å². The minimum Gasteiger partial charge on any atom is -0.476 e. The van der Waals surface area contributed by atoms with Gasteiger partial charge in [-0.3, -0.25) is 0 Å². The summed E-state index contributed by atoms with van der Waals surface area (Å²) < 4.78 is 10.8. The SMILES string of the molecule is N#CCOc1c(Br)cc(-c2c3ccccc3c(Br)c3sc4ccccc4c23)cc1Br. The van der Waals surface area contributed by atoms with Crippen molar-refractivity contribution < 1.29 is 4.74 Å². The molecule has 0 saturated heterocycles. The number of fused-ring (bicyclic) bond motifs is 4. The van der Waals surface area contributed by atoms with Crippen LogP contribution in [0.2, 0.25) is 0 Å². The first kappa shape index (κ1) is 20.0. The van der Waals surface area contributed by atoms with Gasteiger partial charge in [0.2, 0.25) is 0 Å². The molecule has 0 unspecified atom stereocenters. The van der Waals surface area contributed by atoms with E-state index < -0.39 is 0 Å². The van der Waals surface area contributed by atoms with Crippen molar-refractivity contribution in [1.29, 1.82) is 5.26 Å². The zero-order chi connectivity index (χ0) is 20.8. The monoisotopic (exact) mass is 599 g/mol. The van der Waals surface area contributed by atoms with Crippen LogP contribution in [0.5, 0.6) is 5.75 Å². The Hall–Kier alpha value is -1.91. The lowest BCUT2D eigenvalue weighted by Gasteiger charge is -2.15. The summed E-state index contributed by atoms with van der Waals surface area (Å²) in [5, 5.41) is 13.7. The fourth-order valence-corrected chi connectivity index (χ4v) is 7.21. The molecule has 146 valence electrons. The molecule has 1 heterocycles. The Bertz CT molecular complexity index is 1480. The zero-order valence-corrected chi connectivity index (χ0v) is 21.0. The molecule has 0 aliphatic heterocycles. The average molecular weight is 602 g/mol. The number of nitrogens with zero attached hydrogens (tertiary/aromatic N) is 1. The molecule has 4 aromatic carbocycles. The minimum atomic E-state index is -0.00280. The fourth-order valence-electron chi connectivity index (χ4n) is 3.84. The van der Waals surface area contributed by atoms with Gasteiger partial charge in [0, 0.05) is 19.9 Å². The van der Waals surface area contributed by atoms with E-state index in [2.05, 4.69) is 108 Å². The first-order valence-corrected chi connectivity index (χ1v) is 12.3. The Balaban J connectivity index is 1.93. The van der Waals surface area contributed by atoms with Gasteiger partial charge in [-0.15, -0.1) is 11.3 Å². The average Bonchev–Trinajstić information content (AvgIpc) is 3.13. The summed E-state index contributed by atoms with van der Waals surface area (Å²) in [5.41, 5.74) is 2.27. The van der Waals surface area contributed by atoms with Gasteiger partial charge in [-0.25, -0.2) is 0 Å². The van der Waals surface area contributed by atoms with E-state index in [1.807, 2.05) is 6.07 Å². The van der Waals surface area contributed by atoms with Gasteiger partial charge in [0.15, 0.2) is 6.61 Å². The summed E-state index contributed by atoms with van der Waals surface area (Å²) in [6.07, 6.45) is 0. The molecule has 0 aliphatic rings. The number of hydrogen-bond donors (Lipinski definition) is 0. The molecule has 0 aliphatic carbocycles. The maximum atomic E-state index is 8.87. The minimum absolute atomic E-state index is 0.00280. The molecule has 0 spiro atoms. The van der Waals surface area contributed by atoms with Crippen LogP contribution in [0, 0.1) is 11.3 Å². The third-order valence-corrected chi connectivity index (χ3v) is 8.50. The Morgan fingerprint density at radius 1 is 0.867 bits per heavy atom. The van der Waals surface area contributed by atoms with Crippen LogP contribution in [0.15, 0.2) is 74.1 Å². The summed E-state index contributed by atoms with van der Waals surface area (Å²) in [6, 6.07) is 23.2. The molecule has 0 bridgehead atoms. The number of thiophene rings is 1. The predicted octanol–water partition coefficient (Wildman–Crippen LogP) is 9.06. The Kier molecular flexibility index (Phi) is 5.32. The first-order chi connectivity index (χ1) is 14.6. The molecular weight excluding hydrogens is 590 g/mol. The lowest BCUT2D eigenvalue weighted by atomic mass is 9.93. The normalized spacial score (nSPS) is 11.3. The number of ether oxygens (including phenoxy) is 1. The second-order valence-electron chi connectivity index (χ2n) is 6.75. The van der Waals surface area contributed by atoms with Gasteiger partial charge in [-0.1, -0.05) is 42.5 Å². The number of nitriles is 1. The molecule has 6 heteroatoms. The summed E-state index contributed by atoms with van der Waals surface area (Å²) in [5.74, 6) is 0.633.